The molecule has 1 spiro atoms. The van der Waals surface area contributed by atoms with E-state index in [1.54, 1.807) is 7.11 Å². The summed E-state index contributed by atoms with van der Waals surface area (Å²) in [6.07, 6.45) is 6.12. The molecular weight excluding hydrogens is 278 g/mol. The van der Waals surface area contributed by atoms with Crippen molar-refractivity contribution in [2.75, 3.05) is 12.0 Å². The highest BCUT2D eigenvalue weighted by Crippen LogP contribution is 2.56. The van der Waals surface area contributed by atoms with E-state index in [-0.39, 0.29) is 23.7 Å². The van der Waals surface area contributed by atoms with Gasteiger partial charge >= 0.3 is 0 Å². The summed E-state index contributed by atoms with van der Waals surface area (Å²) in [5, 5.41) is 0. The highest BCUT2D eigenvalue weighted by Gasteiger charge is 2.67. The molecule has 4 heteroatoms. The minimum Gasteiger partial charge on any atom is -0.497 e. The number of rotatable bonds is 3. The molecule has 1 amide bonds. The lowest BCUT2D eigenvalue weighted by Crippen LogP contribution is -2.72. The second kappa shape index (κ2) is 4.98. The van der Waals surface area contributed by atoms with Gasteiger partial charge in [0, 0.05) is 5.69 Å². The van der Waals surface area contributed by atoms with Crippen LogP contribution in [0.25, 0.3) is 0 Å². The predicted octanol–water partition coefficient (Wildman–Crippen LogP) is 3.15. The molecule has 4 rings (SSSR count). The first kappa shape index (κ1) is 14.1. The van der Waals surface area contributed by atoms with E-state index in [0.717, 1.165) is 24.3 Å². The summed E-state index contributed by atoms with van der Waals surface area (Å²) in [6, 6.07) is 8.01. The third kappa shape index (κ3) is 1.89. The second-order valence-electron chi connectivity index (χ2n) is 6.84. The lowest BCUT2D eigenvalue weighted by Gasteiger charge is -2.57. The maximum absolute atomic E-state index is 13.0. The van der Waals surface area contributed by atoms with Gasteiger partial charge in [-0.25, -0.2) is 0 Å². The van der Waals surface area contributed by atoms with Gasteiger partial charge in [-0.1, -0.05) is 19.3 Å². The van der Waals surface area contributed by atoms with Gasteiger partial charge in [0.1, 0.15) is 11.9 Å². The van der Waals surface area contributed by atoms with Gasteiger partial charge in [0.25, 0.3) is 0 Å². The van der Waals surface area contributed by atoms with Gasteiger partial charge in [-0.3, -0.25) is 4.79 Å². The van der Waals surface area contributed by atoms with E-state index in [4.69, 9.17) is 9.47 Å². The Kier molecular flexibility index (Phi) is 3.19. The molecule has 1 saturated carbocycles. The van der Waals surface area contributed by atoms with E-state index in [1.807, 2.05) is 29.2 Å². The zero-order chi connectivity index (χ0) is 15.3. The van der Waals surface area contributed by atoms with Crippen molar-refractivity contribution in [2.24, 2.45) is 5.41 Å². The average molecular weight is 301 g/mol. The molecule has 1 aromatic rings. The van der Waals surface area contributed by atoms with Crippen LogP contribution in [0.5, 0.6) is 5.75 Å². The fourth-order valence-corrected chi connectivity index (χ4v) is 4.38. The average Bonchev–Trinajstić information content (AvgIpc) is 3.28. The van der Waals surface area contributed by atoms with Crippen LogP contribution in [0, 0.1) is 5.41 Å². The summed E-state index contributed by atoms with van der Waals surface area (Å²) in [6.45, 7) is 2.11. The topological polar surface area (TPSA) is 42.1 Å². The monoisotopic (exact) mass is 301 g/mol. The van der Waals surface area contributed by atoms with Crippen LogP contribution in [-0.4, -0.2) is 31.3 Å². The Balaban J connectivity index is 1.65. The van der Waals surface area contributed by atoms with E-state index in [1.165, 1.54) is 19.3 Å². The molecule has 1 aliphatic carbocycles. The lowest BCUT2D eigenvalue weighted by atomic mass is 9.60. The normalized spacial score (nSPS) is 32.7. The van der Waals surface area contributed by atoms with E-state index in [0.29, 0.717) is 5.91 Å². The predicted molar refractivity (Wildman–Crippen MR) is 84.1 cm³/mol. The Hall–Kier alpha value is -1.55. The second-order valence-corrected chi connectivity index (χ2v) is 6.84. The molecule has 0 bridgehead atoms. The molecule has 3 atom stereocenters. The summed E-state index contributed by atoms with van der Waals surface area (Å²) in [7, 11) is 1.66. The molecule has 3 aliphatic rings. The molecule has 118 valence electrons. The summed E-state index contributed by atoms with van der Waals surface area (Å²) in [5.41, 5.74) is 0.808. The molecule has 0 aromatic heterocycles. The van der Waals surface area contributed by atoms with E-state index < -0.39 is 0 Å². The van der Waals surface area contributed by atoms with Crippen LogP contribution in [0.15, 0.2) is 24.3 Å². The van der Waals surface area contributed by atoms with Crippen LogP contribution in [0.2, 0.25) is 0 Å². The molecule has 1 aromatic carbocycles. The molecule has 4 nitrogen and oxygen atoms in total. The van der Waals surface area contributed by atoms with Crippen molar-refractivity contribution < 1.29 is 14.3 Å². The third-order valence-electron chi connectivity index (χ3n) is 5.65. The van der Waals surface area contributed by atoms with Crippen LogP contribution >= 0.6 is 0 Å². The van der Waals surface area contributed by atoms with Gasteiger partial charge in [0.15, 0.2) is 0 Å². The van der Waals surface area contributed by atoms with Crippen LogP contribution in [0.1, 0.15) is 39.0 Å². The third-order valence-corrected chi connectivity index (χ3v) is 5.65. The van der Waals surface area contributed by atoms with Gasteiger partial charge in [0.05, 0.1) is 24.7 Å². The number of carbonyl (C=O) groups excluding carboxylic acids is 1. The lowest BCUT2D eigenvalue weighted by molar-refractivity contribution is -0.143. The molecule has 0 unspecified atom stereocenters. The Morgan fingerprint density at radius 2 is 1.82 bits per heavy atom. The standard InChI is InChI=1S/C18H23NO3/c1-12-15(22-12)16-18(10-4-3-5-11-18)17(20)19(16)13-6-8-14(21-2)9-7-13/h6-9,12,15-16H,3-5,10-11H2,1-2H3/t12-,15+,16-/m0/s1. The Morgan fingerprint density at radius 3 is 2.36 bits per heavy atom. The van der Waals surface area contributed by atoms with Crippen molar-refractivity contribution in [3.63, 3.8) is 0 Å². The summed E-state index contributed by atoms with van der Waals surface area (Å²) < 4.78 is 11.0. The maximum atomic E-state index is 13.0. The summed E-state index contributed by atoms with van der Waals surface area (Å²) in [5.74, 6) is 1.11. The van der Waals surface area contributed by atoms with Gasteiger partial charge < -0.3 is 14.4 Å². The zero-order valence-electron chi connectivity index (χ0n) is 13.2. The first-order valence-corrected chi connectivity index (χ1v) is 8.30. The number of hydrogen-bond donors (Lipinski definition) is 0. The number of anilines is 1. The highest BCUT2D eigenvalue weighted by atomic mass is 16.6. The van der Waals surface area contributed by atoms with E-state index >= 15 is 0 Å². The molecule has 0 N–H and O–H groups in total. The smallest absolute Gasteiger partial charge is 0.235 e. The van der Waals surface area contributed by atoms with Crippen LogP contribution in [0.4, 0.5) is 5.69 Å². The highest BCUT2D eigenvalue weighted by molar-refractivity contribution is 6.06. The van der Waals surface area contributed by atoms with Crippen LogP contribution < -0.4 is 9.64 Å². The molecule has 2 aliphatic heterocycles. The molecule has 0 radical (unpaired) electrons. The number of methoxy groups -OCH3 is 1. The fourth-order valence-electron chi connectivity index (χ4n) is 4.38. The van der Waals surface area contributed by atoms with Gasteiger partial charge in [0.2, 0.25) is 5.91 Å². The first-order chi connectivity index (χ1) is 10.7. The number of β-lactam (4-membered cyclic amide) rings is 1. The molecule has 22 heavy (non-hydrogen) atoms. The van der Waals surface area contributed by atoms with E-state index in [9.17, 15) is 4.79 Å². The van der Waals surface area contributed by atoms with Gasteiger partial charge in [-0.2, -0.15) is 0 Å². The van der Waals surface area contributed by atoms with Crippen LogP contribution in [0.3, 0.4) is 0 Å². The number of hydrogen-bond acceptors (Lipinski definition) is 3. The molecule has 2 heterocycles. The number of ether oxygens (including phenoxy) is 2. The minimum atomic E-state index is -0.159. The van der Waals surface area contributed by atoms with Gasteiger partial charge in [-0.05, 0) is 44.0 Å². The number of nitrogens with zero attached hydrogens (tertiary/aromatic N) is 1. The Labute approximate surface area is 131 Å². The number of carbonyl (C=O) groups is 1. The molecule has 3 fully saturated rings. The Morgan fingerprint density at radius 1 is 1.18 bits per heavy atom. The maximum Gasteiger partial charge on any atom is 0.235 e. The largest absolute Gasteiger partial charge is 0.497 e. The zero-order valence-corrected chi connectivity index (χ0v) is 13.2. The molecule has 2 saturated heterocycles. The Bertz CT molecular complexity index is 576. The number of amides is 1. The van der Waals surface area contributed by atoms with Crippen molar-refractivity contribution in [3.05, 3.63) is 24.3 Å². The van der Waals surface area contributed by atoms with E-state index in [2.05, 4.69) is 6.92 Å². The fraction of sp³-hybridized carbons (Fsp3) is 0.611. The molecular formula is C18H23NO3. The van der Waals surface area contributed by atoms with Gasteiger partial charge in [-0.15, -0.1) is 0 Å². The van der Waals surface area contributed by atoms with Crippen molar-refractivity contribution >= 4 is 11.6 Å². The van der Waals surface area contributed by atoms with Crippen molar-refractivity contribution in [3.8, 4) is 5.75 Å². The summed E-state index contributed by atoms with van der Waals surface area (Å²) >= 11 is 0. The SMILES string of the molecule is COc1ccc(N2C(=O)C3(CCCCC3)[C@@H]2[C@@H]2O[C@H]2C)cc1. The quantitative estimate of drug-likeness (QED) is 0.636. The summed E-state index contributed by atoms with van der Waals surface area (Å²) in [4.78, 5) is 15.0. The van der Waals surface area contributed by atoms with Crippen molar-refractivity contribution in [1.82, 2.24) is 0 Å². The van der Waals surface area contributed by atoms with Crippen molar-refractivity contribution in [1.29, 1.82) is 0 Å². The van der Waals surface area contributed by atoms with Crippen LogP contribution in [-0.2, 0) is 9.53 Å². The minimum absolute atomic E-state index is 0.159. The van der Waals surface area contributed by atoms with Crippen molar-refractivity contribution in [2.45, 2.75) is 57.3 Å². The number of epoxide rings is 1. The first-order valence-electron chi connectivity index (χ1n) is 8.30. The number of benzene rings is 1.